The third-order valence-electron chi connectivity index (χ3n) is 15.9. The second kappa shape index (κ2) is 52.2. The second-order valence-corrected chi connectivity index (χ2v) is 26.2. The number of amides is 6. The number of carbonyl (C=O) groups is 8. The molecule has 1 aromatic carbocycles. The summed E-state index contributed by atoms with van der Waals surface area (Å²) in [7, 11) is 11.5. The van der Waals surface area contributed by atoms with Gasteiger partial charge in [-0.2, -0.15) is 0 Å². The van der Waals surface area contributed by atoms with Gasteiger partial charge in [-0.3, -0.25) is 68.3 Å². The maximum Gasteiger partial charge on any atom is 1.00 e. The molecule has 13 heterocycles. The van der Waals surface area contributed by atoms with Gasteiger partial charge in [0.05, 0.1) is 81.8 Å². The molecule has 0 aliphatic carbocycles. The third-order valence-corrected chi connectivity index (χ3v) is 17.7. The van der Waals surface area contributed by atoms with E-state index in [0.29, 0.717) is 62.4 Å². The van der Waals surface area contributed by atoms with E-state index in [0.717, 1.165) is 77.6 Å². The average Bonchev–Trinajstić information content (AvgIpc) is 1.68. The molecule has 111 heavy (non-hydrogen) atoms. The number of thiophene rings is 1. The van der Waals surface area contributed by atoms with Crippen LogP contribution in [0.3, 0.4) is 0 Å². The van der Waals surface area contributed by atoms with Crippen molar-refractivity contribution in [2.75, 3.05) is 106 Å². The van der Waals surface area contributed by atoms with Crippen molar-refractivity contribution < 1.29 is 87.1 Å². The van der Waals surface area contributed by atoms with Crippen LogP contribution in [0.25, 0.3) is 20.8 Å². The number of anilines is 5. The van der Waals surface area contributed by atoms with Gasteiger partial charge in [0.1, 0.15) is 23.5 Å². The smallest absolute Gasteiger partial charge is 0.870 e. The molecule has 598 valence electrons. The number of ether oxygens (including phenoxy) is 2. The molecule has 0 bridgehead atoms. The van der Waals surface area contributed by atoms with Crippen molar-refractivity contribution in [1.82, 2.24) is 54.6 Å². The molecule has 5 fully saturated rings. The van der Waals surface area contributed by atoms with Crippen LogP contribution < -0.4 is 53.8 Å². The molecule has 33 heteroatoms. The number of aliphatic carboxylic acids is 1. The van der Waals surface area contributed by atoms with Gasteiger partial charge in [-0.25, -0.2) is 9.37 Å². The van der Waals surface area contributed by atoms with E-state index in [2.05, 4.69) is 111 Å². The van der Waals surface area contributed by atoms with E-state index in [-0.39, 0.29) is 115 Å². The quantitative estimate of drug-likeness (QED) is 0.0396. The van der Waals surface area contributed by atoms with Gasteiger partial charge in [0.25, 0.3) is 0 Å². The fourth-order valence-electron chi connectivity index (χ4n) is 10.6. The molecule has 3 atom stereocenters. The van der Waals surface area contributed by atoms with E-state index in [4.69, 9.17) is 9.84 Å². The largest absolute Gasteiger partial charge is 1.00 e. The van der Waals surface area contributed by atoms with Crippen molar-refractivity contribution >= 4 is 120 Å². The van der Waals surface area contributed by atoms with Gasteiger partial charge in [0, 0.05) is 137 Å². The number of rotatable bonds is 14. The summed E-state index contributed by atoms with van der Waals surface area (Å²) in [5.41, 5.74) is 4.71. The first-order chi connectivity index (χ1) is 49.2. The molecule has 9 aromatic rings. The Morgan fingerprint density at radius 1 is 0.622 bits per heavy atom. The van der Waals surface area contributed by atoms with Crippen LogP contribution in [0.15, 0.2) is 172 Å². The summed E-state index contributed by atoms with van der Waals surface area (Å²) >= 11 is 3.67. The Bertz CT molecular complexity index is 4250. The number of halogens is 2. The number of likely N-dealkylation sites (N-methyl/N-ethyl adjacent to an activating group) is 2. The molecule has 5 saturated heterocycles. The van der Waals surface area contributed by atoms with E-state index in [1.165, 1.54) is 43.9 Å². The van der Waals surface area contributed by atoms with E-state index in [1.54, 1.807) is 127 Å². The molecule has 6 amide bonds. The van der Waals surface area contributed by atoms with Crippen LogP contribution in [0.1, 0.15) is 89.5 Å². The second-order valence-electron chi connectivity index (χ2n) is 23.9. The number of pyridine rings is 6. The van der Waals surface area contributed by atoms with Crippen LogP contribution >= 0.6 is 33.9 Å². The Kier molecular flexibility index (Phi) is 48.4. The van der Waals surface area contributed by atoms with Crippen LogP contribution in [0.2, 0.25) is 0 Å². The molecule has 8 aromatic heterocycles. The molecular formula is C78H107FILiN16O13S. The number of aromatic nitrogens is 8. The predicted molar refractivity (Wildman–Crippen MR) is 439 cm³/mol. The average molecular weight is 1660 g/mol. The number of esters is 1. The fraction of sp³-hybridized carbons (Fsp3) is 0.372. The summed E-state index contributed by atoms with van der Waals surface area (Å²) < 4.78 is 29.3. The predicted octanol–water partition coefficient (Wildman–Crippen LogP) is 8.86. The number of hydrogen-bond acceptors (Lipinski definition) is 21. The number of imidazole rings is 1. The molecule has 0 saturated carbocycles. The zero-order valence-corrected chi connectivity index (χ0v) is 62.2. The maximum atomic E-state index is 15.0. The number of nitrogens with one attached hydrogen (secondary N) is 2. The fourth-order valence-corrected chi connectivity index (χ4v) is 12.0. The van der Waals surface area contributed by atoms with Gasteiger partial charge in [0.15, 0.2) is 11.6 Å². The Labute approximate surface area is 680 Å². The summed E-state index contributed by atoms with van der Waals surface area (Å²) in [4.78, 5) is 133. The molecular weight excluding hydrogens is 1550 g/mol. The molecule has 0 radical (unpaired) electrons. The van der Waals surface area contributed by atoms with Crippen molar-refractivity contribution in [1.29, 1.82) is 0 Å². The van der Waals surface area contributed by atoms with E-state index in [1.807, 2.05) is 54.3 Å². The molecule has 29 nitrogen and oxygen atoms in total. The van der Waals surface area contributed by atoms with Gasteiger partial charge in [-0.05, 0) is 162 Å². The minimum Gasteiger partial charge on any atom is -0.870 e. The van der Waals surface area contributed by atoms with Gasteiger partial charge >= 0.3 is 30.8 Å². The molecule has 5 aliphatic heterocycles. The molecule has 5 aliphatic rings. The number of carboxylic acid groups (broad SMARTS) is 1. The summed E-state index contributed by atoms with van der Waals surface area (Å²) in [5.74, 6) is -5.04. The van der Waals surface area contributed by atoms with Gasteiger partial charge in [-0.1, -0.05) is 44.6 Å². The third kappa shape index (κ3) is 30.6. The van der Waals surface area contributed by atoms with Crippen molar-refractivity contribution in [3.8, 4) is 22.1 Å². The minimum atomic E-state index is -1.05. The molecule has 0 spiro atoms. The van der Waals surface area contributed by atoms with Gasteiger partial charge in [-0.15, -0.1) is 11.3 Å². The van der Waals surface area contributed by atoms with Gasteiger partial charge < -0.3 is 70.1 Å². The van der Waals surface area contributed by atoms with Crippen molar-refractivity contribution in [3.63, 3.8) is 0 Å². The number of hydrogen-bond donors (Lipinski definition) is 3. The number of methoxy groups -OCH3 is 1. The maximum absolute atomic E-state index is 15.0. The molecule has 3 unspecified atom stereocenters. The first kappa shape index (κ1) is 103. The number of benzene rings is 1. The monoisotopic (exact) mass is 1660 g/mol. The molecule has 6 N–H and O–H groups in total. The molecule has 14 rings (SSSR count). The first-order valence-corrected chi connectivity index (χ1v) is 34.5. The van der Waals surface area contributed by atoms with Crippen LogP contribution in [0, 0.1) is 27.1 Å². The number of nitrogens with zero attached hydrogens (tertiary/aromatic N) is 14. The Balaban J connectivity index is 0. The first-order valence-electron chi connectivity index (χ1n) is 32.6. The van der Waals surface area contributed by atoms with E-state index >= 15 is 4.39 Å². The Morgan fingerprint density at radius 2 is 1.11 bits per heavy atom. The zero-order valence-electron chi connectivity index (χ0n) is 59.2. The zero-order chi connectivity index (χ0) is 73.1. The topological polar surface area (TPSA) is 375 Å². The van der Waals surface area contributed by atoms with Crippen LogP contribution in [0.5, 0.6) is 11.5 Å². The van der Waals surface area contributed by atoms with Crippen LogP contribution in [-0.2, 0) is 50.1 Å². The van der Waals surface area contributed by atoms with Crippen LogP contribution in [0.4, 0.5) is 32.8 Å². The number of carbonyl (C=O) groups excluding carboxylic acids is 7. The Hall–Kier alpha value is -10.1. The summed E-state index contributed by atoms with van der Waals surface area (Å²) in [6.07, 6.45) is 26.5. The summed E-state index contributed by atoms with van der Waals surface area (Å²) in [6.45, 7) is 5.41. The number of carboxylic acids is 1. The van der Waals surface area contributed by atoms with Gasteiger partial charge in [0.2, 0.25) is 35.4 Å². The minimum absolute atomic E-state index is 0. The van der Waals surface area contributed by atoms with Crippen molar-refractivity contribution in [2.45, 2.75) is 89.5 Å². The van der Waals surface area contributed by atoms with Crippen molar-refractivity contribution in [3.05, 3.63) is 181 Å². The SMILES string of the molecule is C.C.C.C.C.C.CN(C)CCN(C)C.COC(=O)C1CCN(c2cccnc2)C1=O.Cn1cnc(-c2cc3nccc(Oc4ccc(NC(=O)C5CCN(c6cccnc6)C5=O)cc4F)c3s2)c1.Ic1cccnc1.O.O=C(O)C1CCN(c2cccnc2)C1=O.O=C1CCCN1.O=C1CCCN1c1cccnc1.[Li+].[OH-]. The standard InChI is InChI=1S/C27H21FN6O3S.C11H12N2O3.C10H10N2O3.C9H10N2O.C6H16N2.C5H4IN.C4H7NO.6CH4.Li.2H2O/c1-33-14-21(31-15-33)24-12-20-25(38-24)23(6-9-30-20)37-22-5-4-16(11-19(22)28)32-26(35)18-7-10-34(27(18)36)17-3-2-8-29-13-17;1-16-11(15)9-4-6-13(10(9)14)8-3-2-5-12-7-8;13-9-8(10(14)15)3-5-12(9)7-2-1-4-11-6-7;12-9-4-2-6-11(9)8-3-1-5-10-7-8;1-7(2)5-6-8(3)4;6-5-2-1-3-7-4-5;6-4-2-1-3-5-4;;;;;;;;;/h2-6,8-9,11-15,18H,7,10H2,1H3,(H,32,35);2-3,5,7,9H,4,6H2,1H3;1-2,4,6,8H,3,5H2,(H,14,15);1,3,5,7H,2,4,6H2;5-6H2,1-4H3;1-4H;1-3H2,(H,5,6);6*1H4;;2*1H2/q;;;;;;;;;;;;;+1;;/p-1. The van der Waals surface area contributed by atoms with E-state index < -0.39 is 41.4 Å². The van der Waals surface area contributed by atoms with Crippen molar-refractivity contribution in [2.24, 2.45) is 24.8 Å². The van der Waals surface area contributed by atoms with Crippen LogP contribution in [-0.4, -0.2) is 194 Å². The summed E-state index contributed by atoms with van der Waals surface area (Å²) in [5, 5.41) is 14.1. The Morgan fingerprint density at radius 3 is 1.49 bits per heavy atom. The summed E-state index contributed by atoms with van der Waals surface area (Å²) in [6, 6.07) is 26.0. The number of fused-ring (bicyclic) bond motifs is 1. The number of aryl methyl sites for hydroxylation is 1. The van der Waals surface area contributed by atoms with E-state index in [9.17, 15) is 38.4 Å². The normalized spacial score (nSPS) is 15.2.